The van der Waals surface area contributed by atoms with Crippen LogP contribution in [0.2, 0.25) is 0 Å². The highest BCUT2D eigenvalue weighted by molar-refractivity contribution is 6.07. The lowest BCUT2D eigenvalue weighted by atomic mass is 10.0. The van der Waals surface area contributed by atoms with Crippen molar-refractivity contribution >= 4 is 34.3 Å². The van der Waals surface area contributed by atoms with E-state index in [1.165, 1.54) is 17.0 Å². The predicted octanol–water partition coefficient (Wildman–Crippen LogP) is 2.98. The van der Waals surface area contributed by atoms with Gasteiger partial charge in [0.2, 0.25) is 5.91 Å². The van der Waals surface area contributed by atoms with Crippen molar-refractivity contribution in [3.05, 3.63) is 108 Å². The van der Waals surface area contributed by atoms with Gasteiger partial charge in [0.05, 0.1) is 12.6 Å². The van der Waals surface area contributed by atoms with Crippen molar-refractivity contribution < 1.29 is 24.3 Å². The van der Waals surface area contributed by atoms with E-state index in [0.29, 0.717) is 17.4 Å². The standard InChI is InChI=1S/C32H28N4O5/c37-23-12-10-20(11-13-23)18-25(34-30(39)28-24-9-5-4-6-21(24)14-16-33-28)32(41)35-17-15-26-29(35)27(38)19-36(26)31(40)22-7-2-1-3-8-22/h1-14,16,25-26,29,37H,15,17-19H2,(H,34,39)/t25?,26-,29+/m1/s1. The average molecular weight is 549 g/mol. The number of Topliss-reactive ketones (excluding diaryl/α,β-unsaturated/α-hetero) is 1. The maximum atomic E-state index is 14.1. The second-order valence-corrected chi connectivity index (χ2v) is 10.4. The predicted molar refractivity (Wildman–Crippen MR) is 151 cm³/mol. The van der Waals surface area contributed by atoms with Crippen molar-refractivity contribution in [2.45, 2.75) is 31.0 Å². The van der Waals surface area contributed by atoms with Crippen LogP contribution in [-0.2, 0) is 16.0 Å². The molecular weight excluding hydrogens is 520 g/mol. The van der Waals surface area contributed by atoms with Crippen molar-refractivity contribution in [2.24, 2.45) is 0 Å². The molecule has 0 aliphatic carbocycles. The summed E-state index contributed by atoms with van der Waals surface area (Å²) in [6, 6.07) is 22.2. The lowest BCUT2D eigenvalue weighted by Crippen LogP contribution is -2.53. The third-order valence-electron chi connectivity index (χ3n) is 7.86. The first-order valence-electron chi connectivity index (χ1n) is 13.5. The Kier molecular flexibility index (Phi) is 6.93. The van der Waals surface area contributed by atoms with E-state index in [1.807, 2.05) is 30.3 Å². The van der Waals surface area contributed by atoms with Gasteiger partial charge in [0.1, 0.15) is 23.5 Å². The van der Waals surface area contributed by atoms with E-state index >= 15 is 0 Å². The molecule has 6 rings (SSSR count). The van der Waals surface area contributed by atoms with Crippen molar-refractivity contribution in [1.29, 1.82) is 0 Å². The van der Waals surface area contributed by atoms with Gasteiger partial charge >= 0.3 is 0 Å². The van der Waals surface area contributed by atoms with Crippen LogP contribution in [0.1, 0.15) is 32.8 Å². The molecule has 0 radical (unpaired) electrons. The molecule has 9 heteroatoms. The Morgan fingerprint density at radius 3 is 2.44 bits per heavy atom. The number of carbonyl (C=O) groups is 4. The summed E-state index contributed by atoms with van der Waals surface area (Å²) in [7, 11) is 0. The summed E-state index contributed by atoms with van der Waals surface area (Å²) in [5, 5.41) is 14.1. The summed E-state index contributed by atoms with van der Waals surface area (Å²) < 4.78 is 0. The number of carbonyl (C=O) groups excluding carboxylic acids is 4. The van der Waals surface area contributed by atoms with Crippen LogP contribution in [0.3, 0.4) is 0 Å². The summed E-state index contributed by atoms with van der Waals surface area (Å²) in [4.78, 5) is 61.4. The molecule has 3 aromatic carbocycles. The molecule has 0 saturated carbocycles. The van der Waals surface area contributed by atoms with Gasteiger partial charge in [0, 0.05) is 30.1 Å². The Hall–Kier alpha value is -5.05. The molecule has 0 spiro atoms. The first-order valence-corrected chi connectivity index (χ1v) is 13.5. The molecule has 2 fully saturated rings. The third-order valence-corrected chi connectivity index (χ3v) is 7.86. The summed E-state index contributed by atoms with van der Waals surface area (Å²) in [6.45, 7) is 0.217. The summed E-state index contributed by atoms with van der Waals surface area (Å²) in [5.41, 5.74) is 1.41. The number of nitrogens with zero attached hydrogens (tertiary/aromatic N) is 3. The number of ketones is 1. The van der Waals surface area contributed by atoms with Crippen LogP contribution in [0.15, 0.2) is 91.1 Å². The minimum absolute atomic E-state index is 0.0677. The van der Waals surface area contributed by atoms with E-state index in [4.69, 9.17) is 0 Å². The summed E-state index contributed by atoms with van der Waals surface area (Å²) >= 11 is 0. The van der Waals surface area contributed by atoms with Gasteiger partial charge in [-0.2, -0.15) is 0 Å². The zero-order chi connectivity index (χ0) is 28.5. The molecule has 2 aliphatic heterocycles. The molecule has 41 heavy (non-hydrogen) atoms. The van der Waals surface area contributed by atoms with E-state index in [1.54, 1.807) is 53.6 Å². The SMILES string of the molecule is O=C(NC(Cc1ccc(O)cc1)C(=O)N1CC[C@@H]2[C@H]1C(=O)CN2C(=O)c1ccccc1)c1nccc2ccccc12. The molecule has 3 amide bonds. The topological polar surface area (TPSA) is 120 Å². The normalized spacial score (nSPS) is 18.8. The number of phenols is 1. The number of likely N-dealkylation sites (tertiary alicyclic amines) is 2. The van der Waals surface area contributed by atoms with Crippen LogP contribution in [0.4, 0.5) is 0 Å². The van der Waals surface area contributed by atoms with Gasteiger partial charge in [0.25, 0.3) is 11.8 Å². The van der Waals surface area contributed by atoms with Crippen molar-refractivity contribution in [2.75, 3.05) is 13.1 Å². The van der Waals surface area contributed by atoms with Gasteiger partial charge in [-0.3, -0.25) is 24.2 Å². The van der Waals surface area contributed by atoms with Crippen LogP contribution >= 0.6 is 0 Å². The van der Waals surface area contributed by atoms with Crippen LogP contribution in [0.5, 0.6) is 5.75 Å². The third kappa shape index (κ3) is 5.02. The van der Waals surface area contributed by atoms with Crippen molar-refractivity contribution in [1.82, 2.24) is 20.1 Å². The molecule has 1 unspecified atom stereocenters. The molecule has 206 valence electrons. The second-order valence-electron chi connectivity index (χ2n) is 10.4. The first kappa shape index (κ1) is 26.2. The maximum Gasteiger partial charge on any atom is 0.271 e. The minimum Gasteiger partial charge on any atom is -0.508 e. The number of benzene rings is 3. The molecule has 2 saturated heterocycles. The Bertz CT molecular complexity index is 1630. The van der Waals surface area contributed by atoms with Gasteiger partial charge in [-0.1, -0.05) is 54.6 Å². The number of hydrogen-bond acceptors (Lipinski definition) is 6. The Balaban J connectivity index is 1.27. The fraction of sp³-hybridized carbons (Fsp3) is 0.219. The van der Waals surface area contributed by atoms with E-state index in [2.05, 4.69) is 10.3 Å². The zero-order valence-corrected chi connectivity index (χ0v) is 22.1. The lowest BCUT2D eigenvalue weighted by molar-refractivity contribution is -0.138. The number of aromatic hydroxyl groups is 1. The highest BCUT2D eigenvalue weighted by Gasteiger charge is 2.52. The molecule has 2 N–H and O–H groups in total. The lowest BCUT2D eigenvalue weighted by Gasteiger charge is -2.28. The Labute approximate surface area is 236 Å². The van der Waals surface area contributed by atoms with Crippen LogP contribution in [-0.4, -0.2) is 74.6 Å². The number of fused-ring (bicyclic) bond motifs is 2. The fourth-order valence-corrected chi connectivity index (χ4v) is 5.88. The van der Waals surface area contributed by atoms with Gasteiger partial charge in [-0.25, -0.2) is 0 Å². The number of rotatable bonds is 6. The van der Waals surface area contributed by atoms with Crippen molar-refractivity contribution in [3.63, 3.8) is 0 Å². The largest absolute Gasteiger partial charge is 0.508 e. The second kappa shape index (κ2) is 10.8. The van der Waals surface area contributed by atoms with Crippen molar-refractivity contribution in [3.8, 4) is 5.75 Å². The minimum atomic E-state index is -1.00. The summed E-state index contributed by atoms with van der Waals surface area (Å²) in [5.74, 6) is -1.26. The molecule has 4 aromatic rings. The zero-order valence-electron chi connectivity index (χ0n) is 22.1. The molecule has 3 atom stereocenters. The van der Waals surface area contributed by atoms with Crippen LogP contribution in [0.25, 0.3) is 10.8 Å². The van der Waals surface area contributed by atoms with E-state index in [0.717, 1.165) is 10.9 Å². The van der Waals surface area contributed by atoms with Crippen LogP contribution in [0, 0.1) is 0 Å². The highest BCUT2D eigenvalue weighted by atomic mass is 16.3. The number of aromatic nitrogens is 1. The molecule has 9 nitrogen and oxygen atoms in total. The molecule has 2 aliphatic rings. The monoisotopic (exact) mass is 548 g/mol. The van der Waals surface area contributed by atoms with E-state index in [9.17, 15) is 24.3 Å². The number of hydrogen-bond donors (Lipinski definition) is 2. The molecular formula is C32H28N4O5. The Morgan fingerprint density at radius 1 is 0.927 bits per heavy atom. The van der Waals surface area contributed by atoms with E-state index < -0.39 is 29.9 Å². The summed E-state index contributed by atoms with van der Waals surface area (Å²) in [6.07, 6.45) is 2.16. The first-order chi connectivity index (χ1) is 19.9. The van der Waals surface area contributed by atoms with Crippen LogP contribution < -0.4 is 5.32 Å². The molecule has 0 bridgehead atoms. The Morgan fingerprint density at radius 2 is 1.66 bits per heavy atom. The number of nitrogens with one attached hydrogen (secondary N) is 1. The number of pyridine rings is 1. The van der Waals surface area contributed by atoms with Gasteiger partial charge in [-0.05, 0) is 47.7 Å². The van der Waals surface area contributed by atoms with Gasteiger partial charge < -0.3 is 20.2 Å². The van der Waals surface area contributed by atoms with E-state index in [-0.39, 0.29) is 42.6 Å². The number of amides is 3. The average Bonchev–Trinajstić information content (AvgIpc) is 3.58. The smallest absolute Gasteiger partial charge is 0.271 e. The fourth-order valence-electron chi connectivity index (χ4n) is 5.88. The maximum absolute atomic E-state index is 14.1. The molecule has 3 heterocycles. The highest BCUT2D eigenvalue weighted by Crippen LogP contribution is 2.32. The molecule has 1 aromatic heterocycles. The number of phenolic OH excluding ortho intramolecular Hbond substituents is 1. The quantitative estimate of drug-likeness (QED) is 0.382. The van der Waals surface area contributed by atoms with Gasteiger partial charge in [0.15, 0.2) is 5.78 Å². The van der Waals surface area contributed by atoms with Gasteiger partial charge in [-0.15, -0.1) is 0 Å².